The van der Waals surface area contributed by atoms with Crippen LogP contribution in [0.4, 0.5) is 10.2 Å². The summed E-state index contributed by atoms with van der Waals surface area (Å²) in [6, 6.07) is 7.15. The summed E-state index contributed by atoms with van der Waals surface area (Å²) in [7, 11) is 0. The summed E-state index contributed by atoms with van der Waals surface area (Å²) in [6.07, 6.45) is 4.14. The van der Waals surface area contributed by atoms with E-state index in [9.17, 15) is 4.39 Å². The largest absolute Gasteiger partial charge is 0.443 e. The maximum Gasteiger partial charge on any atom is 0.236 e. The van der Waals surface area contributed by atoms with Crippen molar-refractivity contribution in [2.75, 3.05) is 24.5 Å². The lowest BCUT2D eigenvalue weighted by Crippen LogP contribution is -2.44. The van der Waals surface area contributed by atoms with E-state index in [0.717, 1.165) is 30.1 Å². The molecule has 0 aliphatic carbocycles. The molecule has 1 fully saturated rings. The molecule has 1 saturated heterocycles. The SMILES string of the molecule is CCNC(=NCc1coc(-c2cccs2)n1)NC1CCN(c2ncccc2F)C1.I. The normalized spacial score (nSPS) is 16.4. The van der Waals surface area contributed by atoms with E-state index in [1.807, 2.05) is 29.3 Å². The zero-order chi connectivity index (χ0) is 20.1. The number of oxazole rings is 1. The van der Waals surface area contributed by atoms with E-state index in [0.29, 0.717) is 30.8 Å². The number of aliphatic imine (C=N–C) groups is 1. The van der Waals surface area contributed by atoms with E-state index in [4.69, 9.17) is 4.42 Å². The van der Waals surface area contributed by atoms with Crippen molar-refractivity contribution in [3.63, 3.8) is 0 Å². The standard InChI is InChI=1S/C20H23FN6OS.HI/c1-2-22-20(24-11-15-13-28-19(25-15)17-6-4-10-29-17)26-14-7-9-27(12-14)18-16(21)5-3-8-23-18;/h3-6,8,10,13-14H,2,7,9,11-12H2,1H3,(H2,22,24,26);1H. The number of hydrogen-bond donors (Lipinski definition) is 2. The van der Waals surface area contributed by atoms with Crippen LogP contribution >= 0.6 is 35.3 Å². The first-order chi connectivity index (χ1) is 14.2. The van der Waals surface area contributed by atoms with Crippen molar-refractivity contribution in [3.05, 3.63) is 53.6 Å². The summed E-state index contributed by atoms with van der Waals surface area (Å²) in [5.74, 6) is 1.44. The Labute approximate surface area is 195 Å². The van der Waals surface area contributed by atoms with Gasteiger partial charge in [-0.15, -0.1) is 35.3 Å². The van der Waals surface area contributed by atoms with E-state index in [1.54, 1.807) is 29.9 Å². The molecule has 30 heavy (non-hydrogen) atoms. The molecule has 0 bridgehead atoms. The number of pyridine rings is 1. The van der Waals surface area contributed by atoms with Gasteiger partial charge in [0, 0.05) is 31.9 Å². The van der Waals surface area contributed by atoms with Crippen molar-refractivity contribution in [1.29, 1.82) is 0 Å². The number of thiophene rings is 1. The fraction of sp³-hybridized carbons (Fsp3) is 0.350. The summed E-state index contributed by atoms with van der Waals surface area (Å²) < 4.78 is 19.5. The highest BCUT2D eigenvalue weighted by Crippen LogP contribution is 2.24. The van der Waals surface area contributed by atoms with Crippen LogP contribution in [-0.4, -0.2) is 41.6 Å². The topological polar surface area (TPSA) is 78.6 Å². The van der Waals surface area contributed by atoms with Gasteiger partial charge in [0.15, 0.2) is 17.6 Å². The van der Waals surface area contributed by atoms with Gasteiger partial charge in [-0.1, -0.05) is 6.07 Å². The molecule has 160 valence electrons. The number of hydrogen-bond acceptors (Lipinski definition) is 6. The highest BCUT2D eigenvalue weighted by molar-refractivity contribution is 14.0. The van der Waals surface area contributed by atoms with E-state index in [-0.39, 0.29) is 35.8 Å². The molecule has 10 heteroatoms. The van der Waals surface area contributed by atoms with Crippen LogP contribution in [0.2, 0.25) is 0 Å². The summed E-state index contributed by atoms with van der Waals surface area (Å²) in [5.41, 5.74) is 0.772. The molecule has 7 nitrogen and oxygen atoms in total. The van der Waals surface area contributed by atoms with Crippen molar-refractivity contribution in [2.45, 2.75) is 25.9 Å². The Morgan fingerprint density at radius 2 is 2.30 bits per heavy atom. The second-order valence-electron chi connectivity index (χ2n) is 6.70. The van der Waals surface area contributed by atoms with Gasteiger partial charge in [-0.05, 0) is 36.9 Å². The van der Waals surface area contributed by atoms with E-state index >= 15 is 0 Å². The minimum atomic E-state index is -0.290. The van der Waals surface area contributed by atoms with E-state index in [2.05, 4.69) is 25.6 Å². The summed E-state index contributed by atoms with van der Waals surface area (Å²) >= 11 is 1.59. The molecule has 1 unspecified atom stereocenters. The molecule has 0 aromatic carbocycles. The number of nitrogens with zero attached hydrogens (tertiary/aromatic N) is 4. The fourth-order valence-electron chi connectivity index (χ4n) is 3.25. The summed E-state index contributed by atoms with van der Waals surface area (Å²) in [4.78, 5) is 16.3. The zero-order valence-corrected chi connectivity index (χ0v) is 19.7. The number of aromatic nitrogens is 2. The Morgan fingerprint density at radius 3 is 3.07 bits per heavy atom. The third kappa shape index (κ3) is 5.48. The molecule has 1 atom stereocenters. The summed E-state index contributed by atoms with van der Waals surface area (Å²) in [5, 5.41) is 8.68. The van der Waals surface area contributed by atoms with Gasteiger partial charge in [-0.25, -0.2) is 19.4 Å². The molecule has 0 spiro atoms. The monoisotopic (exact) mass is 542 g/mol. The van der Waals surface area contributed by atoms with Crippen molar-refractivity contribution in [2.24, 2.45) is 4.99 Å². The van der Waals surface area contributed by atoms with Crippen LogP contribution in [0.5, 0.6) is 0 Å². The number of guanidine groups is 1. The minimum absolute atomic E-state index is 0. The molecule has 1 aliphatic rings. The lowest BCUT2D eigenvalue weighted by atomic mass is 10.3. The van der Waals surface area contributed by atoms with Crippen LogP contribution in [-0.2, 0) is 6.54 Å². The maximum atomic E-state index is 14.0. The first-order valence-corrected chi connectivity index (χ1v) is 10.5. The first kappa shape index (κ1) is 22.5. The molecule has 0 amide bonds. The zero-order valence-electron chi connectivity index (χ0n) is 16.5. The molecule has 0 radical (unpaired) electrons. The van der Waals surface area contributed by atoms with Gasteiger partial charge >= 0.3 is 0 Å². The van der Waals surface area contributed by atoms with Crippen LogP contribution in [0.15, 0.2) is 51.5 Å². The molecule has 3 aromatic rings. The Morgan fingerprint density at radius 1 is 1.40 bits per heavy atom. The Bertz CT molecular complexity index is 964. The highest BCUT2D eigenvalue weighted by Gasteiger charge is 2.26. The van der Waals surface area contributed by atoms with Gasteiger partial charge < -0.3 is 20.0 Å². The van der Waals surface area contributed by atoms with E-state index < -0.39 is 0 Å². The summed E-state index contributed by atoms with van der Waals surface area (Å²) in [6.45, 7) is 4.60. The van der Waals surface area contributed by atoms with Crippen LogP contribution < -0.4 is 15.5 Å². The predicted molar refractivity (Wildman–Crippen MR) is 128 cm³/mol. The average Bonchev–Trinajstić information content (AvgIpc) is 3.48. The van der Waals surface area contributed by atoms with Crippen molar-refractivity contribution >= 4 is 47.1 Å². The van der Waals surface area contributed by atoms with Gasteiger partial charge in [-0.2, -0.15) is 0 Å². The van der Waals surface area contributed by atoms with Crippen molar-refractivity contribution < 1.29 is 8.81 Å². The number of nitrogens with one attached hydrogen (secondary N) is 2. The smallest absolute Gasteiger partial charge is 0.236 e. The van der Waals surface area contributed by atoms with Crippen LogP contribution in [0, 0.1) is 5.82 Å². The minimum Gasteiger partial charge on any atom is -0.443 e. The second kappa shape index (κ2) is 10.7. The molecule has 0 saturated carbocycles. The maximum absolute atomic E-state index is 14.0. The van der Waals surface area contributed by atoms with Gasteiger partial charge in [0.1, 0.15) is 12.0 Å². The first-order valence-electron chi connectivity index (χ1n) is 9.61. The van der Waals surface area contributed by atoms with Crippen molar-refractivity contribution in [1.82, 2.24) is 20.6 Å². The van der Waals surface area contributed by atoms with Crippen LogP contribution in [0.1, 0.15) is 19.0 Å². The average molecular weight is 542 g/mol. The van der Waals surface area contributed by atoms with Gasteiger partial charge in [0.05, 0.1) is 11.4 Å². The third-order valence-electron chi connectivity index (χ3n) is 4.59. The Kier molecular flexibility index (Phi) is 8.02. The lowest BCUT2D eigenvalue weighted by molar-refractivity contribution is 0.574. The highest BCUT2D eigenvalue weighted by atomic mass is 127. The van der Waals surface area contributed by atoms with Gasteiger partial charge in [-0.3, -0.25) is 0 Å². The number of halogens is 2. The number of rotatable bonds is 6. The van der Waals surface area contributed by atoms with E-state index in [1.165, 1.54) is 6.07 Å². The second-order valence-corrected chi connectivity index (χ2v) is 7.65. The Balaban J connectivity index is 0.00000256. The lowest BCUT2D eigenvalue weighted by Gasteiger charge is -2.19. The molecule has 1 aliphatic heterocycles. The fourth-order valence-corrected chi connectivity index (χ4v) is 3.90. The van der Waals surface area contributed by atoms with Gasteiger partial charge in [0.2, 0.25) is 5.89 Å². The molecular formula is C20H24FIN6OS. The third-order valence-corrected chi connectivity index (χ3v) is 5.45. The van der Waals surface area contributed by atoms with Crippen LogP contribution in [0.25, 0.3) is 10.8 Å². The quantitative estimate of drug-likeness (QED) is 0.280. The molecule has 2 N–H and O–H groups in total. The molecule has 4 rings (SSSR count). The molecule has 3 aromatic heterocycles. The Hall–Kier alpha value is -2.21. The predicted octanol–water partition coefficient (Wildman–Crippen LogP) is 3.89. The van der Waals surface area contributed by atoms with Crippen molar-refractivity contribution in [3.8, 4) is 10.8 Å². The van der Waals surface area contributed by atoms with Crippen LogP contribution in [0.3, 0.4) is 0 Å². The number of anilines is 1. The van der Waals surface area contributed by atoms with Gasteiger partial charge in [0.25, 0.3) is 0 Å². The molecular weight excluding hydrogens is 518 g/mol. The molecule has 4 heterocycles.